The molecule has 144 valence electrons. The second-order valence-electron chi connectivity index (χ2n) is 6.29. The van der Waals surface area contributed by atoms with Crippen molar-refractivity contribution in [2.45, 2.75) is 19.1 Å². The van der Waals surface area contributed by atoms with Crippen molar-refractivity contribution in [3.8, 4) is 11.5 Å². The van der Waals surface area contributed by atoms with Gasteiger partial charge >= 0.3 is 0 Å². The number of ketones is 2. The smallest absolute Gasteiger partial charge is 0.184 e. The average molecular weight is 443 g/mol. The van der Waals surface area contributed by atoms with Crippen LogP contribution in [0.15, 0.2) is 70.7 Å². The van der Waals surface area contributed by atoms with Gasteiger partial charge in [0.2, 0.25) is 0 Å². The maximum atomic E-state index is 12.0. The third-order valence-corrected chi connectivity index (χ3v) is 5.06. The van der Waals surface area contributed by atoms with Crippen molar-refractivity contribution < 1.29 is 24.2 Å². The Labute approximate surface area is 171 Å². The number of benzene rings is 2. The number of aliphatic hydroxyl groups is 1. The molecule has 2 aromatic carbocycles. The van der Waals surface area contributed by atoms with E-state index in [-0.39, 0.29) is 23.6 Å². The van der Waals surface area contributed by atoms with Crippen LogP contribution in [0.4, 0.5) is 0 Å². The highest BCUT2D eigenvalue weighted by atomic mass is 79.9. The van der Waals surface area contributed by atoms with Crippen LogP contribution in [0, 0.1) is 0 Å². The number of hydrogen-bond acceptors (Lipinski definition) is 5. The monoisotopic (exact) mass is 442 g/mol. The van der Waals surface area contributed by atoms with Crippen molar-refractivity contribution >= 4 is 27.5 Å². The van der Waals surface area contributed by atoms with Crippen LogP contribution in [0.25, 0.3) is 0 Å². The summed E-state index contributed by atoms with van der Waals surface area (Å²) in [5.41, 5.74) is 1.83. The minimum Gasteiger partial charge on any atom is -0.493 e. The van der Waals surface area contributed by atoms with Crippen molar-refractivity contribution in [3.05, 3.63) is 81.9 Å². The molecule has 0 saturated carbocycles. The molecule has 0 amide bonds. The van der Waals surface area contributed by atoms with E-state index in [1.54, 1.807) is 19.2 Å². The van der Waals surface area contributed by atoms with Crippen molar-refractivity contribution in [2.24, 2.45) is 0 Å². The lowest BCUT2D eigenvalue weighted by molar-refractivity contribution is -0.115. The van der Waals surface area contributed by atoms with Crippen LogP contribution in [0.5, 0.6) is 11.5 Å². The first-order valence-electron chi connectivity index (χ1n) is 8.67. The summed E-state index contributed by atoms with van der Waals surface area (Å²) >= 11 is 3.47. The highest BCUT2D eigenvalue weighted by Crippen LogP contribution is 2.35. The molecule has 0 aromatic heterocycles. The highest BCUT2D eigenvalue weighted by Gasteiger charge is 2.23. The Morgan fingerprint density at radius 1 is 1.07 bits per heavy atom. The zero-order valence-corrected chi connectivity index (χ0v) is 16.8. The molecular formula is C22H19BrO5. The van der Waals surface area contributed by atoms with Gasteiger partial charge in [-0.05, 0) is 41.5 Å². The molecule has 5 nitrogen and oxygen atoms in total. The van der Waals surface area contributed by atoms with Crippen LogP contribution in [-0.4, -0.2) is 29.9 Å². The van der Waals surface area contributed by atoms with Gasteiger partial charge in [0.15, 0.2) is 23.1 Å². The number of allylic oxidation sites excluding steroid dienone is 3. The Morgan fingerprint density at radius 3 is 2.54 bits per heavy atom. The number of halogens is 1. The molecule has 0 spiro atoms. The minimum atomic E-state index is -1.10. The molecule has 1 aliphatic rings. The summed E-state index contributed by atoms with van der Waals surface area (Å²) in [5.74, 6) is 0.399. The minimum absolute atomic E-state index is 0.0852. The van der Waals surface area contributed by atoms with Crippen molar-refractivity contribution in [1.82, 2.24) is 0 Å². The largest absolute Gasteiger partial charge is 0.493 e. The van der Waals surface area contributed by atoms with Gasteiger partial charge in [-0.3, -0.25) is 9.59 Å². The van der Waals surface area contributed by atoms with Crippen LogP contribution < -0.4 is 9.47 Å². The average Bonchev–Trinajstić information content (AvgIpc) is 2.70. The molecule has 1 aliphatic carbocycles. The van der Waals surface area contributed by atoms with E-state index in [1.807, 2.05) is 30.3 Å². The molecule has 0 saturated heterocycles. The van der Waals surface area contributed by atoms with Gasteiger partial charge in [0, 0.05) is 16.5 Å². The molecule has 0 radical (unpaired) electrons. The van der Waals surface area contributed by atoms with E-state index in [1.165, 1.54) is 18.2 Å². The molecule has 0 heterocycles. The van der Waals surface area contributed by atoms with E-state index in [2.05, 4.69) is 15.9 Å². The number of methoxy groups -OCH3 is 1. The predicted octanol–water partition coefficient (Wildman–Crippen LogP) is 3.57. The lowest BCUT2D eigenvalue weighted by Gasteiger charge is -2.18. The summed E-state index contributed by atoms with van der Waals surface area (Å²) in [4.78, 5) is 23.5. The number of carbonyl (C=O) groups is 2. The van der Waals surface area contributed by atoms with Gasteiger partial charge in [0.05, 0.1) is 13.2 Å². The second-order valence-corrected chi connectivity index (χ2v) is 7.14. The zero-order chi connectivity index (χ0) is 20.1. The van der Waals surface area contributed by atoms with Crippen LogP contribution in [0.2, 0.25) is 0 Å². The lowest BCUT2D eigenvalue weighted by Crippen LogP contribution is -2.22. The Hall–Kier alpha value is -2.70. The van der Waals surface area contributed by atoms with Crippen LogP contribution in [0.3, 0.4) is 0 Å². The third kappa shape index (κ3) is 4.77. The van der Waals surface area contributed by atoms with E-state index in [0.717, 1.165) is 11.1 Å². The molecule has 3 rings (SSSR count). The molecule has 1 atom stereocenters. The summed E-state index contributed by atoms with van der Waals surface area (Å²) < 4.78 is 12.0. The van der Waals surface area contributed by atoms with E-state index in [9.17, 15) is 14.7 Å². The topological polar surface area (TPSA) is 72.8 Å². The molecule has 0 aliphatic heterocycles. The van der Waals surface area contributed by atoms with Gasteiger partial charge in [-0.25, -0.2) is 0 Å². The summed E-state index contributed by atoms with van der Waals surface area (Å²) in [6.07, 6.45) is 2.59. The van der Waals surface area contributed by atoms with E-state index in [4.69, 9.17) is 9.47 Å². The number of rotatable bonds is 7. The molecule has 0 fully saturated rings. The quantitative estimate of drug-likeness (QED) is 0.663. The maximum absolute atomic E-state index is 12.0. The summed E-state index contributed by atoms with van der Waals surface area (Å²) in [7, 11) is 1.55. The van der Waals surface area contributed by atoms with Gasteiger partial charge < -0.3 is 14.6 Å². The molecular weight excluding hydrogens is 424 g/mol. The van der Waals surface area contributed by atoms with Crippen LogP contribution in [0.1, 0.15) is 11.1 Å². The SMILES string of the molecule is COc1cc(Br)c(CC(O)C2=CC(=O)C=CC2=O)cc1OCc1ccccc1. The van der Waals surface area contributed by atoms with Gasteiger partial charge in [-0.1, -0.05) is 46.3 Å². The fourth-order valence-corrected chi connectivity index (χ4v) is 3.33. The van der Waals surface area contributed by atoms with E-state index < -0.39 is 6.10 Å². The zero-order valence-electron chi connectivity index (χ0n) is 15.2. The first-order chi connectivity index (χ1) is 13.5. The molecule has 0 bridgehead atoms. The molecule has 1 unspecified atom stereocenters. The molecule has 1 N–H and O–H groups in total. The van der Waals surface area contributed by atoms with Crippen LogP contribution >= 0.6 is 15.9 Å². The fourth-order valence-electron chi connectivity index (χ4n) is 2.85. The predicted molar refractivity (Wildman–Crippen MR) is 108 cm³/mol. The number of hydrogen-bond donors (Lipinski definition) is 1. The van der Waals surface area contributed by atoms with Gasteiger partial charge in [-0.15, -0.1) is 0 Å². The van der Waals surface area contributed by atoms with Gasteiger partial charge in [-0.2, -0.15) is 0 Å². The van der Waals surface area contributed by atoms with Crippen LogP contribution in [-0.2, 0) is 22.6 Å². The maximum Gasteiger partial charge on any atom is 0.184 e. The first-order valence-corrected chi connectivity index (χ1v) is 9.46. The standard InChI is InChI=1S/C22H19BrO5/c1-27-21-12-18(23)15(9-20(26)17-11-16(24)7-8-19(17)25)10-22(21)28-13-14-5-3-2-4-6-14/h2-8,10-12,20,26H,9,13H2,1H3. The second kappa shape index (κ2) is 8.99. The first kappa shape index (κ1) is 20.0. The number of ether oxygens (including phenoxy) is 2. The summed E-state index contributed by atoms with van der Waals surface area (Å²) in [5, 5.41) is 10.5. The number of carbonyl (C=O) groups excluding carboxylic acids is 2. The Morgan fingerprint density at radius 2 is 1.82 bits per heavy atom. The molecule has 2 aromatic rings. The Kier molecular flexibility index (Phi) is 6.44. The normalized spacial score (nSPS) is 14.6. The lowest BCUT2D eigenvalue weighted by atomic mass is 9.94. The highest BCUT2D eigenvalue weighted by molar-refractivity contribution is 9.10. The summed E-state index contributed by atoms with van der Waals surface area (Å²) in [6.45, 7) is 0.365. The van der Waals surface area contributed by atoms with Crippen molar-refractivity contribution in [3.63, 3.8) is 0 Å². The van der Waals surface area contributed by atoms with Gasteiger partial charge in [0.25, 0.3) is 0 Å². The Balaban J connectivity index is 1.81. The van der Waals surface area contributed by atoms with E-state index >= 15 is 0 Å². The third-order valence-electron chi connectivity index (χ3n) is 4.32. The number of aliphatic hydroxyl groups excluding tert-OH is 1. The van der Waals surface area contributed by atoms with E-state index in [0.29, 0.717) is 22.6 Å². The Bertz CT molecular complexity index is 947. The van der Waals surface area contributed by atoms with Gasteiger partial charge in [0.1, 0.15) is 6.61 Å². The molecule has 28 heavy (non-hydrogen) atoms. The molecule has 6 heteroatoms. The summed E-state index contributed by atoms with van der Waals surface area (Å²) in [6, 6.07) is 13.2. The van der Waals surface area contributed by atoms with Crippen molar-refractivity contribution in [1.29, 1.82) is 0 Å². The fraction of sp³-hybridized carbons (Fsp3) is 0.182. The van der Waals surface area contributed by atoms with Crippen molar-refractivity contribution in [2.75, 3.05) is 7.11 Å².